The van der Waals surface area contributed by atoms with Gasteiger partial charge in [-0.3, -0.25) is 4.79 Å². The molecule has 5 heteroatoms. The van der Waals surface area contributed by atoms with Gasteiger partial charge in [0.05, 0.1) is 0 Å². The summed E-state index contributed by atoms with van der Waals surface area (Å²) in [6.45, 7) is 0.425. The fourth-order valence-electron chi connectivity index (χ4n) is 2.14. The van der Waals surface area contributed by atoms with E-state index in [0.29, 0.717) is 18.2 Å². The lowest BCUT2D eigenvalue weighted by molar-refractivity contribution is -0.118. The van der Waals surface area contributed by atoms with E-state index >= 15 is 0 Å². The molecule has 0 fully saturated rings. The van der Waals surface area contributed by atoms with Crippen molar-refractivity contribution in [2.45, 2.75) is 6.61 Å². The van der Waals surface area contributed by atoms with Gasteiger partial charge in [0.2, 0.25) is 0 Å². The highest BCUT2D eigenvalue weighted by Crippen LogP contribution is 2.18. The van der Waals surface area contributed by atoms with Crippen LogP contribution in [0.4, 0.5) is 5.82 Å². The molecule has 0 saturated heterocycles. The van der Waals surface area contributed by atoms with Crippen LogP contribution >= 0.6 is 0 Å². The monoisotopic (exact) mass is 334 g/mol. The number of carbonyl (C=O) groups excluding carboxylic acids is 1. The quantitative estimate of drug-likeness (QED) is 0.716. The number of rotatable bonds is 7. The predicted molar refractivity (Wildman–Crippen MR) is 95.6 cm³/mol. The van der Waals surface area contributed by atoms with Gasteiger partial charge in [-0.2, -0.15) is 0 Å². The molecule has 0 spiro atoms. The van der Waals surface area contributed by atoms with Crippen LogP contribution in [0.5, 0.6) is 11.5 Å². The van der Waals surface area contributed by atoms with E-state index in [2.05, 4.69) is 10.3 Å². The SMILES string of the molecule is O=C(COc1ccc(OCc2ccccc2)cc1)Nc1ccccn1. The molecule has 0 unspecified atom stereocenters. The maximum atomic E-state index is 11.8. The van der Waals surface area contributed by atoms with Crippen LogP contribution in [0.25, 0.3) is 0 Å². The van der Waals surface area contributed by atoms with Crippen LogP contribution in [0.15, 0.2) is 79.0 Å². The van der Waals surface area contributed by atoms with Gasteiger partial charge in [-0.25, -0.2) is 4.98 Å². The number of amides is 1. The summed E-state index contributed by atoms with van der Waals surface area (Å²) in [4.78, 5) is 15.8. The third kappa shape index (κ3) is 5.35. The van der Waals surface area contributed by atoms with Crippen molar-refractivity contribution >= 4 is 11.7 Å². The molecule has 1 aromatic heterocycles. The van der Waals surface area contributed by atoms with E-state index in [9.17, 15) is 4.79 Å². The van der Waals surface area contributed by atoms with Gasteiger partial charge in [0.15, 0.2) is 6.61 Å². The number of aromatic nitrogens is 1. The zero-order chi connectivity index (χ0) is 17.3. The van der Waals surface area contributed by atoms with E-state index in [4.69, 9.17) is 9.47 Å². The van der Waals surface area contributed by atoms with Crippen molar-refractivity contribution in [2.24, 2.45) is 0 Å². The number of nitrogens with zero attached hydrogens (tertiary/aromatic N) is 1. The Bertz CT molecular complexity index is 790. The Morgan fingerprint density at radius 2 is 1.52 bits per heavy atom. The summed E-state index contributed by atoms with van der Waals surface area (Å²) in [7, 11) is 0. The summed E-state index contributed by atoms with van der Waals surface area (Å²) in [6, 6.07) is 22.4. The third-order valence-corrected chi connectivity index (χ3v) is 3.37. The van der Waals surface area contributed by atoms with Crippen molar-refractivity contribution in [3.63, 3.8) is 0 Å². The largest absolute Gasteiger partial charge is 0.489 e. The van der Waals surface area contributed by atoms with Crippen LogP contribution in [-0.2, 0) is 11.4 Å². The zero-order valence-corrected chi connectivity index (χ0v) is 13.6. The molecule has 0 aliphatic rings. The van der Waals surface area contributed by atoms with E-state index in [-0.39, 0.29) is 12.5 Å². The number of hydrogen-bond donors (Lipinski definition) is 1. The fourth-order valence-corrected chi connectivity index (χ4v) is 2.14. The van der Waals surface area contributed by atoms with Gasteiger partial charge in [0.1, 0.15) is 23.9 Å². The lowest BCUT2D eigenvalue weighted by Crippen LogP contribution is -2.20. The molecule has 0 bridgehead atoms. The molecule has 1 amide bonds. The lowest BCUT2D eigenvalue weighted by Gasteiger charge is -2.09. The van der Waals surface area contributed by atoms with E-state index < -0.39 is 0 Å². The molecule has 5 nitrogen and oxygen atoms in total. The summed E-state index contributed by atoms with van der Waals surface area (Å²) in [5, 5.41) is 2.66. The number of ether oxygens (including phenoxy) is 2. The minimum atomic E-state index is -0.261. The molecule has 0 aliphatic carbocycles. The maximum absolute atomic E-state index is 11.8. The van der Waals surface area contributed by atoms with Crippen molar-refractivity contribution in [3.8, 4) is 11.5 Å². The van der Waals surface area contributed by atoms with Crippen molar-refractivity contribution < 1.29 is 14.3 Å². The molecule has 2 aromatic carbocycles. The second-order valence-electron chi connectivity index (χ2n) is 5.30. The van der Waals surface area contributed by atoms with Crippen molar-refractivity contribution in [2.75, 3.05) is 11.9 Å². The first-order valence-electron chi connectivity index (χ1n) is 7.90. The molecule has 25 heavy (non-hydrogen) atoms. The first-order chi connectivity index (χ1) is 12.3. The molecule has 0 aliphatic heterocycles. The third-order valence-electron chi connectivity index (χ3n) is 3.37. The Kier molecular flexibility index (Phi) is 5.61. The summed E-state index contributed by atoms with van der Waals surface area (Å²) in [6.07, 6.45) is 1.62. The lowest BCUT2D eigenvalue weighted by atomic mass is 10.2. The van der Waals surface area contributed by atoms with Gasteiger partial charge in [0.25, 0.3) is 5.91 Å². The number of carbonyl (C=O) groups is 1. The Morgan fingerprint density at radius 3 is 2.20 bits per heavy atom. The highest BCUT2D eigenvalue weighted by Gasteiger charge is 2.04. The average molecular weight is 334 g/mol. The predicted octanol–water partition coefficient (Wildman–Crippen LogP) is 3.68. The van der Waals surface area contributed by atoms with Crippen molar-refractivity contribution in [1.29, 1.82) is 0 Å². The second kappa shape index (κ2) is 8.49. The van der Waals surface area contributed by atoms with Gasteiger partial charge < -0.3 is 14.8 Å². The smallest absolute Gasteiger partial charge is 0.263 e. The van der Waals surface area contributed by atoms with Gasteiger partial charge in [-0.15, -0.1) is 0 Å². The molecule has 3 aromatic rings. The van der Waals surface area contributed by atoms with E-state index in [1.807, 2.05) is 42.5 Å². The van der Waals surface area contributed by atoms with E-state index in [0.717, 1.165) is 11.3 Å². The highest BCUT2D eigenvalue weighted by molar-refractivity contribution is 5.90. The normalized spacial score (nSPS) is 10.1. The number of pyridine rings is 1. The van der Waals surface area contributed by atoms with Crippen LogP contribution < -0.4 is 14.8 Å². The van der Waals surface area contributed by atoms with Crippen molar-refractivity contribution in [3.05, 3.63) is 84.6 Å². The zero-order valence-electron chi connectivity index (χ0n) is 13.6. The molecule has 3 rings (SSSR count). The molecule has 1 heterocycles. The Hall–Kier alpha value is -3.34. The highest BCUT2D eigenvalue weighted by atomic mass is 16.5. The molecule has 0 atom stereocenters. The Labute approximate surface area is 146 Å². The molecular weight excluding hydrogens is 316 g/mol. The van der Waals surface area contributed by atoms with Crippen LogP contribution in [0, 0.1) is 0 Å². The second-order valence-corrected chi connectivity index (χ2v) is 5.30. The molecular formula is C20H18N2O3. The molecule has 0 saturated carbocycles. The Balaban J connectivity index is 1.45. The van der Waals surface area contributed by atoms with Crippen LogP contribution in [0.3, 0.4) is 0 Å². The van der Waals surface area contributed by atoms with Gasteiger partial charge in [-0.1, -0.05) is 36.4 Å². The maximum Gasteiger partial charge on any atom is 0.263 e. The topological polar surface area (TPSA) is 60.5 Å². The fraction of sp³-hybridized carbons (Fsp3) is 0.100. The van der Waals surface area contributed by atoms with Gasteiger partial charge in [0, 0.05) is 6.20 Å². The minimum absolute atomic E-state index is 0.0825. The Morgan fingerprint density at radius 1 is 0.840 bits per heavy atom. The average Bonchev–Trinajstić information content (AvgIpc) is 2.67. The first-order valence-corrected chi connectivity index (χ1v) is 7.90. The number of anilines is 1. The van der Waals surface area contributed by atoms with Gasteiger partial charge in [-0.05, 0) is 42.0 Å². The first kappa shape index (κ1) is 16.5. The standard InChI is InChI=1S/C20H18N2O3/c23-20(22-19-8-4-5-13-21-19)15-25-18-11-9-17(10-12-18)24-14-16-6-2-1-3-7-16/h1-13H,14-15H2,(H,21,22,23). The van der Waals surface area contributed by atoms with Crippen molar-refractivity contribution in [1.82, 2.24) is 4.98 Å². The van der Waals surface area contributed by atoms with E-state index in [1.165, 1.54) is 0 Å². The van der Waals surface area contributed by atoms with Gasteiger partial charge >= 0.3 is 0 Å². The number of benzene rings is 2. The summed E-state index contributed by atoms with van der Waals surface area (Å²) in [5.74, 6) is 1.58. The van der Waals surface area contributed by atoms with Crippen LogP contribution in [0.1, 0.15) is 5.56 Å². The van der Waals surface area contributed by atoms with E-state index in [1.54, 1.807) is 36.5 Å². The number of nitrogens with one attached hydrogen (secondary N) is 1. The number of hydrogen-bond acceptors (Lipinski definition) is 4. The molecule has 0 radical (unpaired) electrons. The summed E-state index contributed by atoms with van der Waals surface area (Å²) < 4.78 is 11.2. The summed E-state index contributed by atoms with van der Waals surface area (Å²) >= 11 is 0. The summed E-state index contributed by atoms with van der Waals surface area (Å²) in [5.41, 5.74) is 1.11. The van der Waals surface area contributed by atoms with Crippen LogP contribution in [0.2, 0.25) is 0 Å². The van der Waals surface area contributed by atoms with Crippen LogP contribution in [-0.4, -0.2) is 17.5 Å². The minimum Gasteiger partial charge on any atom is -0.489 e. The molecule has 1 N–H and O–H groups in total. The molecule has 126 valence electrons.